The van der Waals surface area contributed by atoms with Crippen molar-refractivity contribution in [2.45, 2.75) is 51.2 Å². The highest BCUT2D eigenvalue weighted by molar-refractivity contribution is 6.07. The van der Waals surface area contributed by atoms with Crippen molar-refractivity contribution < 1.29 is 14.3 Å². The Morgan fingerprint density at radius 2 is 2.00 bits per heavy atom. The number of amides is 3. The van der Waals surface area contributed by atoms with Gasteiger partial charge in [-0.3, -0.25) is 9.69 Å². The molecular formula is C18H24N2O3. The molecule has 5 nitrogen and oxygen atoms in total. The van der Waals surface area contributed by atoms with Crippen molar-refractivity contribution in [3.63, 3.8) is 0 Å². The first kappa shape index (κ1) is 16.0. The molecule has 1 N–H and O–H groups in total. The van der Waals surface area contributed by atoms with E-state index in [9.17, 15) is 9.59 Å². The van der Waals surface area contributed by atoms with Gasteiger partial charge in [-0.05, 0) is 36.8 Å². The van der Waals surface area contributed by atoms with Crippen molar-refractivity contribution in [2.75, 3.05) is 13.2 Å². The average Bonchev–Trinajstić information content (AvgIpc) is 3.11. The molecule has 0 saturated carbocycles. The van der Waals surface area contributed by atoms with Gasteiger partial charge in [0.2, 0.25) is 0 Å². The van der Waals surface area contributed by atoms with Gasteiger partial charge in [-0.2, -0.15) is 0 Å². The van der Waals surface area contributed by atoms with Crippen LogP contribution in [-0.4, -0.2) is 36.1 Å². The Morgan fingerprint density at radius 1 is 1.30 bits per heavy atom. The summed E-state index contributed by atoms with van der Waals surface area (Å²) < 4.78 is 5.55. The van der Waals surface area contributed by atoms with E-state index in [0.717, 1.165) is 18.4 Å². The molecular weight excluding hydrogens is 292 g/mol. The van der Waals surface area contributed by atoms with Crippen molar-refractivity contribution in [3.05, 3.63) is 35.4 Å². The van der Waals surface area contributed by atoms with Gasteiger partial charge in [0, 0.05) is 6.61 Å². The Hall–Kier alpha value is -1.88. The molecule has 0 spiro atoms. The molecule has 2 atom stereocenters. The van der Waals surface area contributed by atoms with Crippen molar-refractivity contribution in [1.82, 2.24) is 10.2 Å². The molecule has 0 radical (unpaired) electrons. The molecule has 2 heterocycles. The van der Waals surface area contributed by atoms with E-state index in [0.29, 0.717) is 19.1 Å². The zero-order valence-corrected chi connectivity index (χ0v) is 14.0. The summed E-state index contributed by atoms with van der Waals surface area (Å²) in [6, 6.07) is 7.58. The van der Waals surface area contributed by atoms with Crippen LogP contribution in [-0.2, 0) is 15.1 Å². The van der Waals surface area contributed by atoms with E-state index in [4.69, 9.17) is 4.74 Å². The maximum absolute atomic E-state index is 12.8. The summed E-state index contributed by atoms with van der Waals surface area (Å²) in [5.41, 5.74) is 1.03. The average molecular weight is 316 g/mol. The van der Waals surface area contributed by atoms with Gasteiger partial charge in [0.25, 0.3) is 5.91 Å². The van der Waals surface area contributed by atoms with Crippen molar-refractivity contribution in [2.24, 2.45) is 0 Å². The predicted octanol–water partition coefficient (Wildman–Crippen LogP) is 2.76. The highest BCUT2D eigenvalue weighted by atomic mass is 16.5. The summed E-state index contributed by atoms with van der Waals surface area (Å²) in [6.07, 6.45) is 1.86. The van der Waals surface area contributed by atoms with Crippen LogP contribution in [0.2, 0.25) is 0 Å². The minimum absolute atomic E-state index is 0.0321. The molecule has 2 saturated heterocycles. The van der Waals surface area contributed by atoms with Gasteiger partial charge >= 0.3 is 6.03 Å². The third-order valence-electron chi connectivity index (χ3n) is 4.84. The highest BCUT2D eigenvalue weighted by Gasteiger charge is 2.49. The topological polar surface area (TPSA) is 58.6 Å². The third kappa shape index (κ3) is 2.85. The molecule has 2 aliphatic rings. The number of urea groups is 1. The van der Waals surface area contributed by atoms with E-state index in [-0.39, 0.29) is 18.0 Å². The largest absolute Gasteiger partial charge is 0.376 e. The molecule has 1 aromatic rings. The van der Waals surface area contributed by atoms with E-state index in [1.54, 1.807) is 6.92 Å². The molecule has 5 heteroatoms. The lowest BCUT2D eigenvalue weighted by Gasteiger charge is -2.23. The molecule has 3 amide bonds. The number of ether oxygens (including phenoxy) is 1. The summed E-state index contributed by atoms with van der Waals surface area (Å²) in [5, 5.41) is 2.85. The number of hydrogen-bond acceptors (Lipinski definition) is 3. The zero-order valence-electron chi connectivity index (χ0n) is 14.0. The van der Waals surface area contributed by atoms with Crippen LogP contribution >= 0.6 is 0 Å². The number of hydrogen-bond donors (Lipinski definition) is 1. The van der Waals surface area contributed by atoms with Gasteiger partial charge in [-0.1, -0.05) is 38.1 Å². The number of carbonyl (C=O) groups is 2. The first-order valence-corrected chi connectivity index (χ1v) is 8.28. The van der Waals surface area contributed by atoms with Crippen LogP contribution < -0.4 is 5.32 Å². The molecule has 1 aromatic carbocycles. The zero-order chi connectivity index (χ0) is 16.6. The summed E-state index contributed by atoms with van der Waals surface area (Å²) >= 11 is 0. The Morgan fingerprint density at radius 3 is 2.57 bits per heavy atom. The van der Waals surface area contributed by atoms with Gasteiger partial charge < -0.3 is 10.1 Å². The predicted molar refractivity (Wildman–Crippen MR) is 87.1 cm³/mol. The number of carbonyl (C=O) groups excluding carboxylic acids is 2. The second-order valence-corrected chi connectivity index (χ2v) is 6.88. The fourth-order valence-electron chi connectivity index (χ4n) is 3.25. The van der Waals surface area contributed by atoms with Crippen LogP contribution in [0.15, 0.2) is 24.3 Å². The lowest BCUT2D eigenvalue weighted by molar-refractivity contribution is -0.132. The van der Waals surface area contributed by atoms with Crippen molar-refractivity contribution in [1.29, 1.82) is 0 Å². The maximum Gasteiger partial charge on any atom is 0.325 e. The van der Waals surface area contributed by atoms with Gasteiger partial charge in [0.05, 0.1) is 12.6 Å². The van der Waals surface area contributed by atoms with Crippen LogP contribution in [0.5, 0.6) is 0 Å². The Kier molecular flexibility index (Phi) is 4.15. The molecule has 2 fully saturated rings. The van der Waals surface area contributed by atoms with E-state index >= 15 is 0 Å². The molecule has 124 valence electrons. The number of nitrogens with one attached hydrogen (secondary N) is 1. The normalized spacial score (nSPS) is 27.8. The van der Waals surface area contributed by atoms with Crippen LogP contribution in [0.25, 0.3) is 0 Å². The fourth-order valence-corrected chi connectivity index (χ4v) is 3.25. The molecule has 0 aliphatic carbocycles. The van der Waals surface area contributed by atoms with Gasteiger partial charge in [-0.25, -0.2) is 4.79 Å². The Bertz CT molecular complexity index is 605. The molecule has 3 rings (SSSR count). The number of nitrogens with zero attached hydrogens (tertiary/aromatic N) is 1. The molecule has 2 aliphatic heterocycles. The van der Waals surface area contributed by atoms with Gasteiger partial charge in [0.1, 0.15) is 5.54 Å². The van der Waals surface area contributed by atoms with Gasteiger partial charge in [-0.15, -0.1) is 0 Å². The first-order chi connectivity index (χ1) is 10.9. The van der Waals surface area contributed by atoms with E-state index in [1.165, 1.54) is 10.5 Å². The summed E-state index contributed by atoms with van der Waals surface area (Å²) in [6.45, 7) is 7.07. The minimum atomic E-state index is -0.995. The quantitative estimate of drug-likeness (QED) is 0.869. The van der Waals surface area contributed by atoms with E-state index in [2.05, 4.69) is 19.2 Å². The smallest absolute Gasteiger partial charge is 0.325 e. The summed E-state index contributed by atoms with van der Waals surface area (Å²) in [5.74, 6) is 0.233. The van der Waals surface area contributed by atoms with E-state index < -0.39 is 5.54 Å². The van der Waals surface area contributed by atoms with Gasteiger partial charge in [0.15, 0.2) is 0 Å². The summed E-state index contributed by atoms with van der Waals surface area (Å²) in [7, 11) is 0. The van der Waals surface area contributed by atoms with Crippen LogP contribution in [0.1, 0.15) is 50.7 Å². The standard InChI is InChI=1S/C18H24N2O3/c1-12(2)13-6-8-14(9-7-13)18(3)16(21)20(17(22)19-18)11-15-5-4-10-23-15/h6-9,12,15H,4-5,10-11H2,1-3H3,(H,19,22)/t15-,18+/m0/s1. The SMILES string of the molecule is CC(C)c1ccc([C@@]2(C)NC(=O)N(C[C@@H]3CCCO3)C2=O)cc1. The Balaban J connectivity index is 1.81. The lowest BCUT2D eigenvalue weighted by Crippen LogP contribution is -2.42. The number of rotatable bonds is 4. The van der Waals surface area contributed by atoms with E-state index in [1.807, 2.05) is 24.3 Å². The second kappa shape index (κ2) is 5.96. The molecule has 0 aromatic heterocycles. The lowest BCUT2D eigenvalue weighted by atomic mass is 9.90. The second-order valence-electron chi connectivity index (χ2n) is 6.88. The monoisotopic (exact) mass is 316 g/mol. The number of benzene rings is 1. The highest BCUT2D eigenvalue weighted by Crippen LogP contribution is 2.30. The molecule has 0 bridgehead atoms. The summed E-state index contributed by atoms with van der Waals surface area (Å²) in [4.78, 5) is 26.4. The molecule has 23 heavy (non-hydrogen) atoms. The number of imide groups is 1. The van der Waals surface area contributed by atoms with Crippen LogP contribution in [0.4, 0.5) is 4.79 Å². The first-order valence-electron chi connectivity index (χ1n) is 8.28. The maximum atomic E-state index is 12.8. The van der Waals surface area contributed by atoms with Crippen molar-refractivity contribution >= 4 is 11.9 Å². The van der Waals surface area contributed by atoms with Crippen LogP contribution in [0, 0.1) is 0 Å². The fraction of sp³-hybridized carbons (Fsp3) is 0.556. The molecule has 0 unspecified atom stereocenters. The third-order valence-corrected chi connectivity index (χ3v) is 4.84. The Labute approximate surface area is 137 Å². The van der Waals surface area contributed by atoms with Crippen molar-refractivity contribution in [3.8, 4) is 0 Å². The van der Waals surface area contributed by atoms with Crippen LogP contribution in [0.3, 0.4) is 0 Å². The minimum Gasteiger partial charge on any atom is -0.376 e.